The first-order valence-corrected chi connectivity index (χ1v) is 9.01. The number of carbonyl (C=O) groups is 1. The molecule has 0 aliphatic carbocycles. The van der Waals surface area contributed by atoms with Gasteiger partial charge in [0.15, 0.2) is 0 Å². The van der Waals surface area contributed by atoms with Gasteiger partial charge in [0.05, 0.1) is 19.3 Å². The van der Waals surface area contributed by atoms with Crippen molar-refractivity contribution >= 4 is 16.8 Å². The quantitative estimate of drug-likeness (QED) is 0.705. The van der Waals surface area contributed by atoms with Crippen molar-refractivity contribution in [1.29, 1.82) is 0 Å². The maximum Gasteiger partial charge on any atom is 0.335 e. The molecule has 0 saturated heterocycles. The van der Waals surface area contributed by atoms with E-state index in [1.165, 1.54) is 6.07 Å². The van der Waals surface area contributed by atoms with Crippen molar-refractivity contribution in [2.75, 3.05) is 19.5 Å². The van der Waals surface area contributed by atoms with Crippen LogP contribution in [-0.2, 0) is 16.6 Å². The summed E-state index contributed by atoms with van der Waals surface area (Å²) in [6.45, 7) is 0.479. The van der Waals surface area contributed by atoms with Gasteiger partial charge in [0.25, 0.3) is 0 Å². The monoisotopic (exact) mass is 348 g/mol. The number of hydrogen-bond acceptors (Lipinski definition) is 4. The van der Waals surface area contributed by atoms with Gasteiger partial charge < -0.3 is 14.6 Å². The number of benzene rings is 2. The first-order chi connectivity index (χ1) is 11.6. The Morgan fingerprint density at radius 2 is 1.83 bits per heavy atom. The largest absolute Gasteiger partial charge is 0.497 e. The molecule has 0 heterocycles. The van der Waals surface area contributed by atoms with Gasteiger partial charge in [-0.1, -0.05) is 12.1 Å². The maximum absolute atomic E-state index is 12.1. The van der Waals surface area contributed by atoms with Crippen LogP contribution >= 0.6 is 0 Å². The third-order valence-electron chi connectivity index (χ3n) is 3.35. The van der Waals surface area contributed by atoms with Crippen molar-refractivity contribution in [2.24, 2.45) is 0 Å². The molecule has 0 aromatic heterocycles. The summed E-state index contributed by atoms with van der Waals surface area (Å²) in [7, 11) is 0.560. The summed E-state index contributed by atoms with van der Waals surface area (Å²) in [5.41, 5.74) is 0.983. The van der Waals surface area contributed by atoms with Crippen LogP contribution in [-0.4, -0.2) is 34.8 Å². The second-order valence-electron chi connectivity index (χ2n) is 5.17. The maximum atomic E-state index is 12.1. The topological polar surface area (TPSA) is 72.8 Å². The van der Waals surface area contributed by atoms with Gasteiger partial charge in [-0.3, -0.25) is 4.21 Å². The van der Waals surface area contributed by atoms with Gasteiger partial charge in [-0.25, -0.2) is 4.79 Å². The first-order valence-electron chi connectivity index (χ1n) is 7.52. The van der Waals surface area contributed by atoms with E-state index < -0.39 is 16.8 Å². The molecule has 24 heavy (non-hydrogen) atoms. The van der Waals surface area contributed by atoms with Crippen molar-refractivity contribution in [3.8, 4) is 11.5 Å². The van der Waals surface area contributed by atoms with Crippen LogP contribution in [0.2, 0.25) is 0 Å². The van der Waals surface area contributed by atoms with Crippen LogP contribution in [0.25, 0.3) is 0 Å². The minimum absolute atomic E-state index is 0.215. The Morgan fingerprint density at radius 1 is 1.12 bits per heavy atom. The average molecular weight is 348 g/mol. The Balaban J connectivity index is 1.73. The van der Waals surface area contributed by atoms with E-state index >= 15 is 0 Å². The van der Waals surface area contributed by atoms with E-state index in [0.717, 1.165) is 17.1 Å². The molecule has 2 rings (SSSR count). The highest BCUT2D eigenvalue weighted by molar-refractivity contribution is 7.84. The van der Waals surface area contributed by atoms with Crippen molar-refractivity contribution in [3.05, 3.63) is 59.7 Å². The highest BCUT2D eigenvalue weighted by atomic mass is 32.2. The number of ether oxygens (including phenoxy) is 2. The Labute approximate surface area is 143 Å². The van der Waals surface area contributed by atoms with Crippen molar-refractivity contribution in [3.63, 3.8) is 0 Å². The Bertz CT molecular complexity index is 697. The van der Waals surface area contributed by atoms with Crippen LogP contribution in [0.3, 0.4) is 0 Å². The molecule has 0 bridgehead atoms. The van der Waals surface area contributed by atoms with Gasteiger partial charge in [0.1, 0.15) is 11.5 Å². The van der Waals surface area contributed by atoms with Crippen molar-refractivity contribution < 1.29 is 23.6 Å². The fourth-order valence-corrected chi connectivity index (χ4v) is 3.27. The van der Waals surface area contributed by atoms with Gasteiger partial charge in [0.2, 0.25) is 0 Å². The van der Waals surface area contributed by atoms with Crippen LogP contribution in [0.5, 0.6) is 11.5 Å². The lowest BCUT2D eigenvalue weighted by atomic mass is 10.1. The Kier molecular flexibility index (Phi) is 6.81. The zero-order valence-electron chi connectivity index (χ0n) is 13.4. The number of rotatable bonds is 9. The third kappa shape index (κ3) is 5.70. The zero-order chi connectivity index (χ0) is 17.4. The minimum atomic E-state index is -1.05. The summed E-state index contributed by atoms with van der Waals surface area (Å²) < 4.78 is 22.7. The van der Waals surface area contributed by atoms with E-state index in [4.69, 9.17) is 14.6 Å². The average Bonchev–Trinajstić information content (AvgIpc) is 2.59. The highest BCUT2D eigenvalue weighted by Gasteiger charge is 2.06. The number of carboxylic acid groups (broad SMARTS) is 1. The minimum Gasteiger partial charge on any atom is -0.497 e. The molecule has 1 atom stereocenters. The lowest BCUT2D eigenvalue weighted by Gasteiger charge is -2.07. The Hall–Kier alpha value is -2.34. The van der Waals surface area contributed by atoms with Crippen LogP contribution < -0.4 is 9.47 Å². The van der Waals surface area contributed by atoms with Gasteiger partial charge in [0, 0.05) is 22.3 Å². The molecule has 1 unspecified atom stereocenters. The molecule has 6 heteroatoms. The molecule has 0 saturated carbocycles. The predicted octanol–water partition coefficient (Wildman–Crippen LogP) is 3.11. The highest BCUT2D eigenvalue weighted by Crippen LogP contribution is 2.17. The summed E-state index contributed by atoms with van der Waals surface area (Å²) >= 11 is 0. The van der Waals surface area contributed by atoms with E-state index in [9.17, 15) is 9.00 Å². The lowest BCUT2D eigenvalue weighted by molar-refractivity contribution is 0.0696. The molecule has 0 fully saturated rings. The molecule has 1 N–H and O–H groups in total. The lowest BCUT2D eigenvalue weighted by Crippen LogP contribution is -2.07. The van der Waals surface area contributed by atoms with Crippen LogP contribution in [0.15, 0.2) is 48.5 Å². The molecule has 5 nitrogen and oxygen atoms in total. The van der Waals surface area contributed by atoms with E-state index in [-0.39, 0.29) is 5.56 Å². The van der Waals surface area contributed by atoms with E-state index in [1.54, 1.807) is 25.3 Å². The SMILES string of the molecule is COc1ccc(OCCCS(=O)Cc2cccc(C(=O)O)c2)cc1. The number of carboxylic acids is 1. The summed E-state index contributed by atoms with van der Waals surface area (Å²) in [6.07, 6.45) is 0.664. The fraction of sp³-hybridized carbons (Fsp3) is 0.278. The zero-order valence-corrected chi connectivity index (χ0v) is 14.3. The van der Waals surface area contributed by atoms with Crippen molar-refractivity contribution in [2.45, 2.75) is 12.2 Å². The normalized spacial score (nSPS) is 11.7. The molecule has 2 aromatic carbocycles. The van der Waals surface area contributed by atoms with Gasteiger partial charge >= 0.3 is 5.97 Å². The smallest absolute Gasteiger partial charge is 0.335 e. The van der Waals surface area contributed by atoms with Crippen molar-refractivity contribution in [1.82, 2.24) is 0 Å². The standard InChI is InChI=1S/C18H20O5S/c1-22-16-6-8-17(9-7-16)23-10-3-11-24(21)13-14-4-2-5-15(12-14)18(19)20/h2,4-9,12H,3,10-11,13H2,1H3,(H,19,20). The summed E-state index contributed by atoms with van der Waals surface area (Å²) in [4.78, 5) is 10.9. The molecule has 0 aliphatic rings. The fourth-order valence-electron chi connectivity index (χ4n) is 2.13. The summed E-state index contributed by atoms with van der Waals surface area (Å²) in [6, 6.07) is 13.8. The molecule has 0 radical (unpaired) electrons. The van der Waals surface area contributed by atoms with E-state index in [0.29, 0.717) is 24.5 Å². The van der Waals surface area contributed by atoms with E-state index in [2.05, 4.69) is 0 Å². The number of methoxy groups -OCH3 is 1. The molecular formula is C18H20O5S. The number of aromatic carboxylic acids is 1. The molecule has 0 spiro atoms. The molecule has 2 aromatic rings. The number of hydrogen-bond donors (Lipinski definition) is 1. The van der Waals surface area contributed by atoms with Crippen LogP contribution in [0, 0.1) is 0 Å². The Morgan fingerprint density at radius 3 is 2.50 bits per heavy atom. The second kappa shape index (κ2) is 9.08. The summed E-state index contributed by atoms with van der Waals surface area (Å²) in [5, 5.41) is 8.96. The van der Waals surface area contributed by atoms with Crippen LogP contribution in [0.1, 0.15) is 22.3 Å². The van der Waals surface area contributed by atoms with Gasteiger partial charge in [-0.15, -0.1) is 0 Å². The van der Waals surface area contributed by atoms with E-state index in [1.807, 2.05) is 24.3 Å². The molecule has 0 amide bonds. The molecular weight excluding hydrogens is 328 g/mol. The summed E-state index contributed by atoms with van der Waals surface area (Å²) in [5.74, 6) is 1.40. The second-order valence-corrected chi connectivity index (χ2v) is 6.75. The van der Waals surface area contributed by atoms with Crippen LogP contribution in [0.4, 0.5) is 0 Å². The first kappa shape index (κ1) is 18.0. The third-order valence-corrected chi connectivity index (χ3v) is 4.75. The van der Waals surface area contributed by atoms with Gasteiger partial charge in [-0.2, -0.15) is 0 Å². The molecule has 128 valence electrons. The van der Waals surface area contributed by atoms with Gasteiger partial charge in [-0.05, 0) is 48.4 Å². The molecule has 0 aliphatic heterocycles. The predicted molar refractivity (Wildman–Crippen MR) is 93.2 cm³/mol.